The molecule has 3 rings (SSSR count). The standard InChI is InChI=1S/C19H18N2O5S2/c1-28(25,26)13-11-16-10-12-20(17-4-2-3-5-18(17)27-16)19(22)14-6-8-15(9-7-14)21(23)24/h2-10H,11-13H2,1H3. The quantitative estimate of drug-likeness (QED) is 0.543. The Kier molecular flexibility index (Phi) is 5.85. The van der Waals surface area contributed by atoms with Crippen molar-refractivity contribution in [1.82, 2.24) is 0 Å². The minimum Gasteiger partial charge on any atom is -0.303 e. The van der Waals surface area contributed by atoms with Gasteiger partial charge >= 0.3 is 0 Å². The van der Waals surface area contributed by atoms with E-state index in [1.807, 2.05) is 30.3 Å². The lowest BCUT2D eigenvalue weighted by molar-refractivity contribution is -0.384. The van der Waals surface area contributed by atoms with E-state index in [-0.39, 0.29) is 17.3 Å². The molecule has 0 N–H and O–H groups in total. The number of anilines is 1. The average Bonchev–Trinajstić information content (AvgIpc) is 2.84. The number of hydrogen-bond donors (Lipinski definition) is 0. The molecule has 0 unspecified atom stereocenters. The Morgan fingerprint density at radius 2 is 1.86 bits per heavy atom. The Balaban J connectivity index is 1.90. The number of fused-ring (bicyclic) bond motifs is 1. The van der Waals surface area contributed by atoms with E-state index in [1.54, 1.807) is 4.90 Å². The smallest absolute Gasteiger partial charge is 0.269 e. The maximum absolute atomic E-state index is 13.0. The Hall–Kier alpha value is -2.65. The van der Waals surface area contributed by atoms with Crippen molar-refractivity contribution in [2.24, 2.45) is 0 Å². The van der Waals surface area contributed by atoms with Crippen molar-refractivity contribution in [3.05, 3.63) is 75.2 Å². The van der Waals surface area contributed by atoms with E-state index in [9.17, 15) is 23.3 Å². The molecule has 2 aromatic carbocycles. The topological polar surface area (TPSA) is 97.6 Å². The number of amides is 1. The molecule has 9 heteroatoms. The first-order chi connectivity index (χ1) is 13.2. The summed E-state index contributed by atoms with van der Waals surface area (Å²) in [5.41, 5.74) is 0.992. The molecule has 0 fully saturated rings. The Labute approximate surface area is 167 Å². The van der Waals surface area contributed by atoms with E-state index in [1.165, 1.54) is 42.3 Å². The van der Waals surface area contributed by atoms with Gasteiger partial charge in [-0.05, 0) is 35.6 Å². The van der Waals surface area contributed by atoms with Crippen LogP contribution in [0.5, 0.6) is 0 Å². The fourth-order valence-corrected chi connectivity index (χ4v) is 4.55. The molecule has 146 valence electrons. The second-order valence-corrected chi connectivity index (χ2v) is 9.77. The van der Waals surface area contributed by atoms with E-state index in [0.29, 0.717) is 18.5 Å². The first kappa shape index (κ1) is 20.1. The van der Waals surface area contributed by atoms with Crippen molar-refractivity contribution >= 4 is 38.9 Å². The maximum Gasteiger partial charge on any atom is 0.269 e. The fraction of sp³-hybridized carbons (Fsp3) is 0.211. The zero-order chi connectivity index (χ0) is 20.3. The lowest BCUT2D eigenvalue weighted by Crippen LogP contribution is -2.31. The highest BCUT2D eigenvalue weighted by Gasteiger charge is 2.23. The van der Waals surface area contributed by atoms with Crippen LogP contribution in [0.15, 0.2) is 64.4 Å². The average molecular weight is 418 g/mol. The minimum absolute atomic E-state index is 0.0459. The van der Waals surface area contributed by atoms with Crippen LogP contribution >= 0.6 is 11.8 Å². The van der Waals surface area contributed by atoms with Gasteiger partial charge in [0, 0.05) is 35.4 Å². The number of nitro groups is 1. The summed E-state index contributed by atoms with van der Waals surface area (Å²) < 4.78 is 23.0. The van der Waals surface area contributed by atoms with Gasteiger partial charge in [-0.15, -0.1) is 0 Å². The highest BCUT2D eigenvalue weighted by atomic mass is 32.2. The molecular weight excluding hydrogens is 400 g/mol. The van der Waals surface area contributed by atoms with Crippen LogP contribution in [0.2, 0.25) is 0 Å². The summed E-state index contributed by atoms with van der Waals surface area (Å²) in [7, 11) is -3.09. The second-order valence-electron chi connectivity index (χ2n) is 6.34. The molecule has 0 aromatic heterocycles. The number of sulfone groups is 1. The monoisotopic (exact) mass is 418 g/mol. The summed E-state index contributed by atoms with van der Waals surface area (Å²) in [5, 5.41) is 10.8. The molecule has 28 heavy (non-hydrogen) atoms. The molecular formula is C19H18N2O5S2. The summed E-state index contributed by atoms with van der Waals surface area (Å²) in [5.74, 6) is -0.229. The van der Waals surface area contributed by atoms with Gasteiger partial charge in [0.25, 0.3) is 11.6 Å². The van der Waals surface area contributed by atoms with Crippen molar-refractivity contribution in [3.8, 4) is 0 Å². The molecule has 0 aliphatic carbocycles. The Morgan fingerprint density at radius 1 is 1.18 bits per heavy atom. The van der Waals surface area contributed by atoms with Crippen LogP contribution in [-0.4, -0.2) is 37.8 Å². The van der Waals surface area contributed by atoms with E-state index in [4.69, 9.17) is 0 Å². The zero-order valence-corrected chi connectivity index (χ0v) is 16.7. The van der Waals surface area contributed by atoms with Gasteiger partial charge < -0.3 is 4.90 Å². The lowest BCUT2D eigenvalue weighted by atomic mass is 10.1. The SMILES string of the molecule is CS(=O)(=O)CCC1=CCN(C(=O)c2ccc([N+](=O)[O-])cc2)c2ccccc2S1. The number of rotatable bonds is 5. The number of carbonyl (C=O) groups is 1. The minimum atomic E-state index is -3.09. The number of nitro benzene ring substituents is 1. The van der Waals surface area contributed by atoms with Crippen molar-refractivity contribution in [2.75, 3.05) is 23.5 Å². The number of hydrogen-bond acceptors (Lipinski definition) is 6. The summed E-state index contributed by atoms with van der Waals surface area (Å²) >= 11 is 1.45. The molecule has 1 heterocycles. The largest absolute Gasteiger partial charge is 0.303 e. The van der Waals surface area contributed by atoms with Crippen LogP contribution in [0.3, 0.4) is 0 Å². The van der Waals surface area contributed by atoms with Gasteiger partial charge in [0.1, 0.15) is 9.84 Å². The van der Waals surface area contributed by atoms with Crippen LogP contribution in [0.25, 0.3) is 0 Å². The highest BCUT2D eigenvalue weighted by Crippen LogP contribution is 2.39. The molecule has 0 saturated carbocycles. The van der Waals surface area contributed by atoms with Gasteiger partial charge in [-0.2, -0.15) is 0 Å². The number of thioether (sulfide) groups is 1. The Morgan fingerprint density at radius 3 is 2.50 bits per heavy atom. The molecule has 1 amide bonds. The predicted octanol–water partition coefficient (Wildman–Crippen LogP) is 3.67. The van der Waals surface area contributed by atoms with Crippen LogP contribution in [0, 0.1) is 10.1 Å². The Bertz CT molecular complexity index is 1050. The van der Waals surface area contributed by atoms with Crippen LogP contribution in [-0.2, 0) is 9.84 Å². The third-order valence-electron chi connectivity index (χ3n) is 4.19. The number of non-ortho nitro benzene ring substituents is 1. The van der Waals surface area contributed by atoms with Crippen LogP contribution in [0.4, 0.5) is 11.4 Å². The highest BCUT2D eigenvalue weighted by molar-refractivity contribution is 8.03. The molecule has 1 aliphatic rings. The zero-order valence-electron chi connectivity index (χ0n) is 15.1. The second kappa shape index (κ2) is 8.15. The van der Waals surface area contributed by atoms with Gasteiger partial charge in [0.05, 0.1) is 16.4 Å². The van der Waals surface area contributed by atoms with Gasteiger partial charge in [-0.25, -0.2) is 8.42 Å². The van der Waals surface area contributed by atoms with E-state index in [2.05, 4.69) is 0 Å². The molecule has 2 aromatic rings. The number of benzene rings is 2. The van der Waals surface area contributed by atoms with Crippen LogP contribution < -0.4 is 4.90 Å². The number of allylic oxidation sites excluding steroid dienone is 1. The lowest BCUT2D eigenvalue weighted by Gasteiger charge is -2.22. The van der Waals surface area contributed by atoms with Crippen molar-refractivity contribution in [3.63, 3.8) is 0 Å². The van der Waals surface area contributed by atoms with Gasteiger partial charge in [0.15, 0.2) is 0 Å². The fourth-order valence-electron chi connectivity index (χ4n) is 2.75. The van der Waals surface area contributed by atoms with Crippen molar-refractivity contribution < 1.29 is 18.1 Å². The molecule has 7 nitrogen and oxygen atoms in total. The van der Waals surface area contributed by atoms with E-state index < -0.39 is 14.8 Å². The van der Waals surface area contributed by atoms with Gasteiger partial charge in [-0.1, -0.05) is 30.0 Å². The van der Waals surface area contributed by atoms with Crippen molar-refractivity contribution in [2.45, 2.75) is 11.3 Å². The molecule has 1 aliphatic heterocycles. The van der Waals surface area contributed by atoms with E-state index in [0.717, 1.165) is 15.5 Å². The van der Waals surface area contributed by atoms with Gasteiger partial charge in [-0.3, -0.25) is 14.9 Å². The summed E-state index contributed by atoms with van der Waals surface area (Å²) in [6.07, 6.45) is 3.45. The number of carbonyl (C=O) groups excluding carboxylic acids is 1. The molecule has 0 spiro atoms. The first-order valence-corrected chi connectivity index (χ1v) is 11.3. The molecule has 0 atom stereocenters. The van der Waals surface area contributed by atoms with Crippen LogP contribution in [0.1, 0.15) is 16.8 Å². The summed E-state index contributed by atoms with van der Waals surface area (Å²) in [6, 6.07) is 12.9. The molecule has 0 bridgehead atoms. The first-order valence-electron chi connectivity index (χ1n) is 8.44. The maximum atomic E-state index is 13.0. The molecule has 0 radical (unpaired) electrons. The van der Waals surface area contributed by atoms with Crippen molar-refractivity contribution in [1.29, 1.82) is 0 Å². The third kappa shape index (κ3) is 4.79. The normalized spacial score (nSPS) is 14.0. The van der Waals surface area contributed by atoms with Gasteiger partial charge in [0.2, 0.25) is 0 Å². The summed E-state index contributed by atoms with van der Waals surface area (Å²) in [6.45, 7) is 0.291. The summed E-state index contributed by atoms with van der Waals surface area (Å²) in [4.78, 5) is 26.7. The number of nitrogens with zero attached hydrogens (tertiary/aromatic N) is 2. The third-order valence-corrected chi connectivity index (χ3v) is 6.33. The molecule has 0 saturated heterocycles. The van der Waals surface area contributed by atoms with E-state index >= 15 is 0 Å². The number of para-hydroxylation sites is 1. The predicted molar refractivity (Wildman–Crippen MR) is 109 cm³/mol.